The quantitative estimate of drug-likeness (QED) is 0.858. The zero-order chi connectivity index (χ0) is 11.0. The molecule has 0 aromatic carbocycles. The van der Waals surface area contributed by atoms with Gasteiger partial charge in [-0.25, -0.2) is 0 Å². The molecule has 0 radical (unpaired) electrons. The van der Waals surface area contributed by atoms with Crippen molar-refractivity contribution in [3.05, 3.63) is 15.9 Å². The van der Waals surface area contributed by atoms with Crippen molar-refractivity contribution in [2.75, 3.05) is 13.1 Å². The Morgan fingerprint density at radius 1 is 1.19 bits per heavy atom. The van der Waals surface area contributed by atoms with E-state index in [1.54, 1.807) is 0 Å². The zero-order valence-corrected chi connectivity index (χ0v) is 11.1. The highest BCUT2D eigenvalue weighted by atomic mass is 79.9. The SMILES string of the molecule is Brc1c2c(nn1C1CCNCC1)CCCC2. The first-order valence-electron chi connectivity index (χ1n) is 6.33. The monoisotopic (exact) mass is 283 g/mol. The van der Waals surface area contributed by atoms with Crippen LogP contribution in [0.4, 0.5) is 0 Å². The summed E-state index contributed by atoms with van der Waals surface area (Å²) < 4.78 is 3.51. The predicted molar refractivity (Wildman–Crippen MR) is 67.7 cm³/mol. The molecule has 3 nitrogen and oxygen atoms in total. The first-order chi connectivity index (χ1) is 7.86. The fraction of sp³-hybridized carbons (Fsp3) is 0.750. The van der Waals surface area contributed by atoms with Gasteiger partial charge in [0.1, 0.15) is 4.60 Å². The lowest BCUT2D eigenvalue weighted by Crippen LogP contribution is -2.30. The van der Waals surface area contributed by atoms with Gasteiger partial charge < -0.3 is 5.32 Å². The van der Waals surface area contributed by atoms with E-state index in [1.165, 1.54) is 54.4 Å². The van der Waals surface area contributed by atoms with Crippen molar-refractivity contribution in [3.8, 4) is 0 Å². The van der Waals surface area contributed by atoms with Crippen LogP contribution in [0, 0.1) is 0 Å². The predicted octanol–water partition coefficient (Wildman–Crippen LogP) is 2.45. The summed E-state index contributed by atoms with van der Waals surface area (Å²) in [6.07, 6.45) is 7.43. The van der Waals surface area contributed by atoms with E-state index in [-0.39, 0.29) is 0 Å². The molecule has 1 fully saturated rings. The van der Waals surface area contributed by atoms with Gasteiger partial charge in [0.05, 0.1) is 11.7 Å². The van der Waals surface area contributed by atoms with Gasteiger partial charge in [-0.3, -0.25) is 4.68 Å². The summed E-state index contributed by atoms with van der Waals surface area (Å²) >= 11 is 3.75. The fourth-order valence-corrected chi connectivity index (χ4v) is 3.62. The van der Waals surface area contributed by atoms with Gasteiger partial charge in [-0.15, -0.1) is 0 Å². The maximum absolute atomic E-state index is 4.82. The van der Waals surface area contributed by atoms with Gasteiger partial charge in [0.25, 0.3) is 0 Å². The fourth-order valence-electron chi connectivity index (χ4n) is 2.83. The lowest BCUT2D eigenvalue weighted by atomic mass is 9.98. The van der Waals surface area contributed by atoms with Crippen LogP contribution in [0.1, 0.15) is 43.0 Å². The minimum atomic E-state index is 0.598. The van der Waals surface area contributed by atoms with E-state index >= 15 is 0 Å². The second kappa shape index (κ2) is 4.49. The molecule has 3 rings (SSSR count). The first kappa shape index (κ1) is 10.8. The van der Waals surface area contributed by atoms with E-state index in [9.17, 15) is 0 Å². The highest BCUT2D eigenvalue weighted by molar-refractivity contribution is 9.10. The number of halogens is 1. The van der Waals surface area contributed by atoms with Crippen molar-refractivity contribution >= 4 is 15.9 Å². The van der Waals surface area contributed by atoms with Gasteiger partial charge in [0.2, 0.25) is 0 Å². The molecule has 1 N–H and O–H groups in total. The second-order valence-corrected chi connectivity index (χ2v) is 5.60. The van der Waals surface area contributed by atoms with Crippen molar-refractivity contribution in [1.82, 2.24) is 15.1 Å². The van der Waals surface area contributed by atoms with Gasteiger partial charge in [0, 0.05) is 5.56 Å². The Morgan fingerprint density at radius 2 is 1.94 bits per heavy atom. The van der Waals surface area contributed by atoms with Crippen LogP contribution in [0.5, 0.6) is 0 Å². The third-order valence-electron chi connectivity index (χ3n) is 3.77. The average molecular weight is 284 g/mol. The molecule has 2 aliphatic rings. The van der Waals surface area contributed by atoms with E-state index in [2.05, 4.69) is 25.9 Å². The average Bonchev–Trinajstić information content (AvgIpc) is 2.69. The Labute approximate surface area is 105 Å². The maximum Gasteiger partial charge on any atom is 0.107 e. The van der Waals surface area contributed by atoms with Gasteiger partial charge in [-0.05, 0) is 67.5 Å². The second-order valence-electron chi connectivity index (χ2n) is 4.85. The Morgan fingerprint density at radius 3 is 2.69 bits per heavy atom. The lowest BCUT2D eigenvalue weighted by Gasteiger charge is -2.23. The van der Waals surface area contributed by atoms with E-state index in [1.807, 2.05) is 0 Å². The molecule has 0 saturated carbocycles. The van der Waals surface area contributed by atoms with Crippen molar-refractivity contribution < 1.29 is 0 Å². The number of fused-ring (bicyclic) bond motifs is 1. The van der Waals surface area contributed by atoms with E-state index in [0.717, 1.165) is 13.1 Å². The van der Waals surface area contributed by atoms with Crippen LogP contribution in [-0.2, 0) is 12.8 Å². The first-order valence-corrected chi connectivity index (χ1v) is 7.12. The number of piperidine rings is 1. The highest BCUT2D eigenvalue weighted by Crippen LogP contribution is 2.32. The lowest BCUT2D eigenvalue weighted by molar-refractivity contribution is 0.337. The number of rotatable bonds is 1. The summed E-state index contributed by atoms with van der Waals surface area (Å²) in [6.45, 7) is 2.25. The Bertz CT molecular complexity index is 380. The van der Waals surface area contributed by atoms with E-state index < -0.39 is 0 Å². The van der Waals surface area contributed by atoms with Crippen LogP contribution >= 0.6 is 15.9 Å². The molecular weight excluding hydrogens is 266 g/mol. The number of hydrogen-bond acceptors (Lipinski definition) is 2. The van der Waals surface area contributed by atoms with Crippen molar-refractivity contribution in [2.45, 2.75) is 44.6 Å². The summed E-state index contributed by atoms with van der Waals surface area (Å²) in [4.78, 5) is 0. The van der Waals surface area contributed by atoms with Crippen LogP contribution in [0.25, 0.3) is 0 Å². The number of aromatic nitrogens is 2. The molecule has 0 unspecified atom stereocenters. The van der Waals surface area contributed by atoms with Crippen LogP contribution < -0.4 is 5.32 Å². The summed E-state index contributed by atoms with van der Waals surface area (Å²) in [6, 6.07) is 0.598. The standard InChI is InChI=1S/C12H18BrN3/c13-12-10-3-1-2-4-11(10)15-16(12)9-5-7-14-8-6-9/h9,14H,1-8H2. The van der Waals surface area contributed by atoms with Gasteiger partial charge in [-0.1, -0.05) is 0 Å². The van der Waals surface area contributed by atoms with Crippen LogP contribution in [-0.4, -0.2) is 22.9 Å². The molecule has 16 heavy (non-hydrogen) atoms. The number of aryl methyl sites for hydroxylation is 1. The third kappa shape index (κ3) is 1.82. The number of hydrogen-bond donors (Lipinski definition) is 1. The summed E-state index contributed by atoms with van der Waals surface area (Å²) in [5.74, 6) is 0. The molecule has 1 aromatic rings. The zero-order valence-electron chi connectivity index (χ0n) is 9.51. The van der Waals surface area contributed by atoms with E-state index in [4.69, 9.17) is 5.10 Å². The van der Waals surface area contributed by atoms with Crippen molar-refractivity contribution in [1.29, 1.82) is 0 Å². The maximum atomic E-state index is 4.82. The normalized spacial score (nSPS) is 22.1. The molecule has 2 heterocycles. The molecule has 1 aliphatic carbocycles. The summed E-state index contributed by atoms with van der Waals surface area (Å²) in [7, 11) is 0. The molecule has 0 amide bonds. The van der Waals surface area contributed by atoms with E-state index in [0.29, 0.717) is 6.04 Å². The molecule has 4 heteroatoms. The Kier molecular flexibility index (Phi) is 3.03. The molecule has 1 aliphatic heterocycles. The van der Waals surface area contributed by atoms with Crippen LogP contribution in [0.15, 0.2) is 4.60 Å². The molecule has 0 atom stereocenters. The van der Waals surface area contributed by atoms with Gasteiger partial charge in [-0.2, -0.15) is 5.10 Å². The van der Waals surface area contributed by atoms with Crippen molar-refractivity contribution in [3.63, 3.8) is 0 Å². The molecule has 88 valence electrons. The molecule has 1 saturated heterocycles. The number of nitrogens with one attached hydrogen (secondary N) is 1. The summed E-state index contributed by atoms with van der Waals surface area (Å²) in [5, 5.41) is 8.23. The Hall–Kier alpha value is -0.350. The Balaban J connectivity index is 1.91. The largest absolute Gasteiger partial charge is 0.317 e. The van der Waals surface area contributed by atoms with Crippen LogP contribution in [0.2, 0.25) is 0 Å². The highest BCUT2D eigenvalue weighted by Gasteiger charge is 2.24. The van der Waals surface area contributed by atoms with Crippen LogP contribution in [0.3, 0.4) is 0 Å². The topological polar surface area (TPSA) is 29.9 Å². The van der Waals surface area contributed by atoms with Gasteiger partial charge in [0.15, 0.2) is 0 Å². The summed E-state index contributed by atoms with van der Waals surface area (Å²) in [5.41, 5.74) is 2.82. The molecule has 0 bridgehead atoms. The smallest absolute Gasteiger partial charge is 0.107 e. The molecule has 1 aromatic heterocycles. The van der Waals surface area contributed by atoms with Crippen molar-refractivity contribution in [2.24, 2.45) is 0 Å². The third-order valence-corrected chi connectivity index (χ3v) is 4.61. The minimum Gasteiger partial charge on any atom is -0.317 e. The number of nitrogens with zero attached hydrogens (tertiary/aromatic N) is 2. The molecular formula is C12H18BrN3. The van der Waals surface area contributed by atoms with Gasteiger partial charge >= 0.3 is 0 Å². The molecule has 0 spiro atoms. The minimum absolute atomic E-state index is 0.598.